The summed E-state index contributed by atoms with van der Waals surface area (Å²) in [6, 6.07) is 12.0. The van der Waals surface area contributed by atoms with Crippen LogP contribution in [0.15, 0.2) is 58.1 Å². The van der Waals surface area contributed by atoms with Crippen LogP contribution in [0, 0.1) is 5.82 Å². The minimum atomic E-state index is -1.09. The average molecular weight is 404 g/mol. The lowest BCUT2D eigenvalue weighted by atomic mass is 10.0. The molecule has 0 saturated carbocycles. The number of aliphatic carboxylic acids is 1. The summed E-state index contributed by atoms with van der Waals surface area (Å²) in [5.41, 5.74) is 1.92. The van der Waals surface area contributed by atoms with Gasteiger partial charge in [0, 0.05) is 15.6 Å². The molecule has 0 fully saturated rings. The van der Waals surface area contributed by atoms with E-state index in [1.54, 1.807) is 6.07 Å². The van der Waals surface area contributed by atoms with E-state index in [1.165, 1.54) is 12.1 Å². The van der Waals surface area contributed by atoms with Crippen molar-refractivity contribution in [3.63, 3.8) is 0 Å². The van der Waals surface area contributed by atoms with E-state index in [1.807, 2.05) is 24.3 Å². The number of hydrogen-bond acceptors (Lipinski definition) is 2. The number of hydrogen-bond donors (Lipinski definition) is 2. The van der Waals surface area contributed by atoms with E-state index in [4.69, 9.17) is 5.11 Å². The van der Waals surface area contributed by atoms with E-state index in [-0.39, 0.29) is 16.8 Å². The van der Waals surface area contributed by atoms with Crippen LogP contribution in [0.2, 0.25) is 0 Å². The minimum Gasteiger partial charge on any atom is -0.478 e. The molecule has 0 aromatic heterocycles. The molecule has 0 aliphatic heterocycles. The fraction of sp³-hybridized carbons (Fsp3) is 0.158. The summed E-state index contributed by atoms with van der Waals surface area (Å²) in [6.07, 6.45) is 1.38. The molecule has 0 heterocycles. The molecule has 0 unspecified atom stereocenters. The largest absolute Gasteiger partial charge is 0.478 e. The number of benzene rings is 2. The molecule has 25 heavy (non-hydrogen) atoms. The highest BCUT2D eigenvalue weighted by Crippen LogP contribution is 2.29. The Morgan fingerprint density at radius 1 is 1.00 bits per heavy atom. The number of carboxylic acids is 1. The van der Waals surface area contributed by atoms with Crippen molar-refractivity contribution < 1.29 is 19.1 Å². The van der Waals surface area contributed by atoms with Gasteiger partial charge in [-0.3, -0.25) is 4.79 Å². The predicted octanol–water partition coefficient (Wildman–Crippen LogP) is 4.76. The summed E-state index contributed by atoms with van der Waals surface area (Å²) < 4.78 is 15.3. The van der Waals surface area contributed by atoms with Crippen molar-refractivity contribution in [1.29, 1.82) is 0 Å². The predicted molar refractivity (Wildman–Crippen MR) is 96.7 cm³/mol. The molecule has 6 heteroatoms. The smallest absolute Gasteiger partial charge is 0.332 e. The number of carbonyl (C=O) groups is 2. The molecule has 2 aromatic rings. The van der Waals surface area contributed by atoms with Gasteiger partial charge < -0.3 is 10.4 Å². The molecule has 0 radical (unpaired) electrons. The summed E-state index contributed by atoms with van der Waals surface area (Å²) in [7, 11) is 0. The average Bonchev–Trinajstić information content (AvgIpc) is 3.07. The molecular formula is C19H15BrFNO3. The molecule has 0 bridgehead atoms. The van der Waals surface area contributed by atoms with E-state index in [0.717, 1.165) is 10.0 Å². The van der Waals surface area contributed by atoms with Crippen LogP contribution in [0.1, 0.15) is 19.3 Å². The van der Waals surface area contributed by atoms with Gasteiger partial charge in [0.05, 0.1) is 5.69 Å². The van der Waals surface area contributed by atoms with Crippen molar-refractivity contribution in [2.24, 2.45) is 0 Å². The Kier molecular flexibility index (Phi) is 4.99. The highest BCUT2D eigenvalue weighted by Gasteiger charge is 2.25. The van der Waals surface area contributed by atoms with Gasteiger partial charge in [0.25, 0.3) is 5.91 Å². The van der Waals surface area contributed by atoms with Crippen LogP contribution in [-0.4, -0.2) is 17.0 Å². The van der Waals surface area contributed by atoms with Gasteiger partial charge in [-0.05, 0) is 54.7 Å². The maximum absolute atomic E-state index is 14.4. The van der Waals surface area contributed by atoms with Crippen molar-refractivity contribution in [1.82, 2.24) is 0 Å². The molecule has 1 aliphatic carbocycles. The molecule has 0 spiro atoms. The molecule has 2 aromatic carbocycles. The first kappa shape index (κ1) is 17.4. The molecule has 2 N–H and O–H groups in total. The maximum atomic E-state index is 14.4. The Labute approximate surface area is 152 Å². The third-order valence-corrected chi connectivity index (χ3v) is 4.67. The summed E-state index contributed by atoms with van der Waals surface area (Å²) in [5.74, 6) is -2.21. The number of anilines is 1. The number of amides is 1. The Morgan fingerprint density at radius 3 is 2.28 bits per heavy atom. The fourth-order valence-corrected chi connectivity index (χ4v) is 3.13. The van der Waals surface area contributed by atoms with Crippen LogP contribution in [-0.2, 0) is 9.59 Å². The van der Waals surface area contributed by atoms with Crippen molar-refractivity contribution in [2.75, 3.05) is 5.32 Å². The monoisotopic (exact) mass is 403 g/mol. The topological polar surface area (TPSA) is 66.4 Å². The highest BCUT2D eigenvalue weighted by molar-refractivity contribution is 9.10. The number of carbonyl (C=O) groups excluding carboxylic acids is 1. The van der Waals surface area contributed by atoms with Crippen molar-refractivity contribution >= 4 is 33.5 Å². The summed E-state index contributed by atoms with van der Waals surface area (Å²) >= 11 is 3.35. The van der Waals surface area contributed by atoms with Gasteiger partial charge in [-0.15, -0.1) is 0 Å². The lowest BCUT2D eigenvalue weighted by Gasteiger charge is -2.10. The zero-order valence-electron chi connectivity index (χ0n) is 13.2. The molecule has 128 valence electrons. The van der Waals surface area contributed by atoms with Gasteiger partial charge in [-0.2, -0.15) is 0 Å². The van der Waals surface area contributed by atoms with Gasteiger partial charge in [0.1, 0.15) is 5.82 Å². The molecule has 1 aliphatic rings. The zero-order chi connectivity index (χ0) is 18.0. The second kappa shape index (κ2) is 7.19. The first-order chi connectivity index (χ1) is 12.0. The summed E-state index contributed by atoms with van der Waals surface area (Å²) in [5, 5.41) is 11.6. The summed E-state index contributed by atoms with van der Waals surface area (Å²) in [6.45, 7) is 0. The van der Waals surface area contributed by atoms with Gasteiger partial charge in [-0.25, -0.2) is 9.18 Å². The van der Waals surface area contributed by atoms with Crippen molar-refractivity contribution in [3.05, 3.63) is 63.9 Å². The minimum absolute atomic E-state index is 0.0370. The van der Waals surface area contributed by atoms with Crippen LogP contribution >= 0.6 is 15.9 Å². The molecule has 1 amide bonds. The van der Waals surface area contributed by atoms with Gasteiger partial charge in [0.2, 0.25) is 0 Å². The van der Waals surface area contributed by atoms with Crippen LogP contribution in [0.3, 0.4) is 0 Å². The highest BCUT2D eigenvalue weighted by atomic mass is 79.9. The molecule has 0 atom stereocenters. The molecule has 4 nitrogen and oxygen atoms in total. The van der Waals surface area contributed by atoms with E-state index in [0.29, 0.717) is 24.8 Å². The third-order valence-electron chi connectivity index (χ3n) is 4.14. The Balaban J connectivity index is 1.82. The summed E-state index contributed by atoms with van der Waals surface area (Å²) in [4.78, 5) is 23.4. The molecule has 3 rings (SSSR count). The quantitative estimate of drug-likeness (QED) is 0.773. The van der Waals surface area contributed by atoms with Crippen LogP contribution in [0.5, 0.6) is 0 Å². The van der Waals surface area contributed by atoms with Crippen molar-refractivity contribution in [2.45, 2.75) is 19.3 Å². The lowest BCUT2D eigenvalue weighted by Crippen LogP contribution is -2.17. The van der Waals surface area contributed by atoms with Gasteiger partial charge in [0.15, 0.2) is 0 Å². The SMILES string of the molecule is O=C(O)C1=C(C(=O)Nc2ccc(-c3ccc(Br)cc3)cc2F)CCC1. The van der Waals surface area contributed by atoms with Gasteiger partial charge >= 0.3 is 5.97 Å². The molecule has 0 saturated heterocycles. The third kappa shape index (κ3) is 3.79. The van der Waals surface area contributed by atoms with Gasteiger partial charge in [-0.1, -0.05) is 34.1 Å². The first-order valence-corrected chi connectivity index (χ1v) is 8.57. The van der Waals surface area contributed by atoms with E-state index < -0.39 is 17.7 Å². The molecular weight excluding hydrogens is 389 g/mol. The Morgan fingerprint density at radius 2 is 1.64 bits per heavy atom. The number of carboxylic acid groups (broad SMARTS) is 1. The Hall–Kier alpha value is -2.47. The standard InChI is InChI=1S/C19H15BrFNO3/c20-13-7-4-11(5-8-13)12-6-9-17(16(21)10-12)22-18(23)14-2-1-3-15(14)19(24)25/h4-10H,1-3H2,(H,22,23)(H,24,25). The van der Waals surface area contributed by atoms with E-state index in [2.05, 4.69) is 21.2 Å². The van der Waals surface area contributed by atoms with Crippen molar-refractivity contribution in [3.8, 4) is 11.1 Å². The normalized spacial score (nSPS) is 13.8. The fourth-order valence-electron chi connectivity index (χ4n) is 2.87. The van der Waals surface area contributed by atoms with Crippen LogP contribution < -0.4 is 5.32 Å². The second-order valence-electron chi connectivity index (χ2n) is 5.77. The zero-order valence-corrected chi connectivity index (χ0v) is 14.8. The maximum Gasteiger partial charge on any atom is 0.332 e. The lowest BCUT2D eigenvalue weighted by molar-refractivity contribution is -0.133. The number of nitrogens with one attached hydrogen (secondary N) is 1. The Bertz CT molecular complexity index is 875. The first-order valence-electron chi connectivity index (χ1n) is 7.78. The number of rotatable bonds is 4. The van der Waals surface area contributed by atoms with E-state index in [9.17, 15) is 14.0 Å². The van der Waals surface area contributed by atoms with E-state index >= 15 is 0 Å². The van der Waals surface area contributed by atoms with Crippen LogP contribution in [0.25, 0.3) is 11.1 Å². The number of halogens is 2. The van der Waals surface area contributed by atoms with Crippen LogP contribution in [0.4, 0.5) is 10.1 Å². The second-order valence-corrected chi connectivity index (χ2v) is 6.69.